The first-order valence-electron chi connectivity index (χ1n) is 41.3. The molecule has 0 radical (unpaired) electrons. The van der Waals surface area contributed by atoms with Crippen LogP contribution in [0.3, 0.4) is 0 Å². The van der Waals surface area contributed by atoms with Crippen molar-refractivity contribution in [2.75, 3.05) is 108 Å². The second-order valence-corrected chi connectivity index (χ2v) is 38.3. The summed E-state index contributed by atoms with van der Waals surface area (Å²) in [5, 5.41) is 56.6. The summed E-state index contributed by atoms with van der Waals surface area (Å²) in [6.45, 7) is 14.3. The number of hydrogen-bond acceptors (Lipinski definition) is 34. The van der Waals surface area contributed by atoms with Crippen LogP contribution in [-0.2, 0) is 19.3 Å². The number of likely N-dealkylation sites (tertiary alicyclic amines) is 2. The number of carbonyl (C=O) groups excluding carboxylic acids is 4. The van der Waals surface area contributed by atoms with Crippen LogP contribution in [0.1, 0.15) is 129 Å². The van der Waals surface area contributed by atoms with Gasteiger partial charge in [-0.05, 0) is 185 Å². The summed E-state index contributed by atoms with van der Waals surface area (Å²) < 4.78 is 12.2. The quantitative estimate of drug-likeness (QED) is 0.0177. The maximum absolute atomic E-state index is 13.3. The number of carbonyl (C=O) groups is 4. The average molecular weight is 1950 g/mol. The molecule has 13 aromatic rings. The molecule has 5 aliphatic rings. The highest BCUT2D eigenvalue weighted by Crippen LogP contribution is 2.41. The van der Waals surface area contributed by atoms with Crippen LogP contribution in [0.5, 0.6) is 0 Å². The standard InChI is InChI=1S/C23H27N7O2S2.C23H25N7O2S2.C19H19ClN6O4S2.C19H20N6O4S2/c2*1-14-18(22(32)30-12-8-15-6-2-3-7-16(15)30)33-23(26-14)27-21-17(20(31)28-34-21)19(24)25-9-13-29-10-4-5-11-29;1-8(7-27)23-15(21)14-16(29)25-32-17(14)24-19-22-6-12(31-19)18(30)26-11-4-2-3-10(20)9(11)5-13(26)28;1-9(8-26)22-15(20)14-16(28)24-31-17(14)23-19-21-7-12(30-19)18(29)25-11-5-3-2-4-10(11)6-13(25)27/h2-3,6-7H,4-5,8-13H2,1H3,(H2,24,25)(H,26,27)(H,28,31);2-3,6-8,12H,4-5,9-11,13H2,1H3,(H2,24,25)(H,26,27)(H,28,31);2-4,6,8,13,27-28H,5,7H2,1H3,(H2,21,23)(H,22,24)(H,25,29);2-5,7,9,13,26-27H,6,8H2,1H3,(H2,20,22)(H,21,23)(H,24,28). The number of benzene rings is 4. The first-order chi connectivity index (χ1) is 63.2. The molecule has 9 aromatic heterocycles. The van der Waals surface area contributed by atoms with E-state index in [4.69, 9.17) is 44.7 Å². The number of anilines is 11. The van der Waals surface area contributed by atoms with Crippen LogP contribution in [0, 0.1) is 13.8 Å². The van der Waals surface area contributed by atoms with Crippen LogP contribution in [0.4, 0.5) is 57.6 Å². The van der Waals surface area contributed by atoms with Crippen LogP contribution < -0.4 is 81.1 Å². The van der Waals surface area contributed by atoms with Crippen molar-refractivity contribution >= 4 is 219 Å². The van der Waals surface area contributed by atoms with Crippen molar-refractivity contribution in [1.82, 2.24) is 51.8 Å². The zero-order valence-electron chi connectivity index (χ0n) is 70.8. The molecular formula is C84H91ClN26O12S8. The van der Waals surface area contributed by atoms with E-state index in [1.54, 1.807) is 55.8 Å². The van der Waals surface area contributed by atoms with E-state index in [0.29, 0.717) is 131 Å². The summed E-state index contributed by atoms with van der Waals surface area (Å²) in [5.74, 6) is -0.578. The molecule has 684 valence electrons. The number of rotatable bonds is 26. The number of nitrogens with zero attached hydrogens (tertiary/aromatic N) is 14. The number of amidine groups is 4. The molecule has 3 amide bonds. The van der Waals surface area contributed by atoms with Gasteiger partial charge in [-0.25, -0.2) is 19.9 Å². The van der Waals surface area contributed by atoms with E-state index in [1.165, 1.54) is 76.1 Å². The maximum atomic E-state index is 13.3. The molecular weight excluding hydrogens is 1860 g/mol. The van der Waals surface area contributed by atoms with E-state index in [2.05, 4.69) is 94.5 Å². The van der Waals surface area contributed by atoms with Gasteiger partial charge in [-0.2, -0.15) is 0 Å². The van der Waals surface area contributed by atoms with Crippen molar-refractivity contribution < 1.29 is 39.6 Å². The number of halogens is 1. The van der Waals surface area contributed by atoms with Gasteiger partial charge in [0.2, 0.25) is 0 Å². The summed E-state index contributed by atoms with van der Waals surface area (Å²) in [7, 11) is 0. The second kappa shape index (κ2) is 42.0. The van der Waals surface area contributed by atoms with Crippen molar-refractivity contribution in [3.05, 3.63) is 232 Å². The van der Waals surface area contributed by atoms with Gasteiger partial charge in [-0.1, -0.05) is 118 Å². The lowest BCUT2D eigenvalue weighted by Gasteiger charge is -2.20. The fraction of sp³-hybridized carbons (Fsp3) is 0.310. The molecule has 5 aliphatic heterocycles. The molecule has 0 aliphatic carbocycles. The van der Waals surface area contributed by atoms with Crippen molar-refractivity contribution in [1.29, 1.82) is 0 Å². The summed E-state index contributed by atoms with van der Waals surface area (Å²) >= 11 is 15.2. The number of aliphatic hydroxyl groups excluding tert-OH is 4. The lowest BCUT2D eigenvalue weighted by atomic mass is 10.1. The zero-order valence-corrected chi connectivity index (χ0v) is 78.1. The summed E-state index contributed by atoms with van der Waals surface area (Å²) in [5.41, 5.74) is 30.9. The molecule has 47 heteroatoms. The number of thiazole rings is 4. The molecule has 2 saturated heterocycles. The molecule has 4 unspecified atom stereocenters. The topological polar surface area (TPSA) is 555 Å². The van der Waals surface area contributed by atoms with Crippen LogP contribution in [0.2, 0.25) is 5.02 Å². The zero-order chi connectivity index (χ0) is 92.4. The Hall–Kier alpha value is -12.1. The van der Waals surface area contributed by atoms with Gasteiger partial charge < -0.3 is 79.3 Å². The number of hydrogen-bond donors (Lipinski definition) is 16. The summed E-state index contributed by atoms with van der Waals surface area (Å²) in [4.78, 5) is 147. The molecule has 4 atom stereocenters. The van der Waals surface area contributed by atoms with E-state index >= 15 is 0 Å². The normalized spacial score (nSPS) is 16.2. The Morgan fingerprint density at radius 2 is 0.931 bits per heavy atom. The van der Waals surface area contributed by atoms with Crippen molar-refractivity contribution in [2.24, 2.45) is 42.9 Å². The predicted octanol–water partition coefficient (Wildman–Crippen LogP) is 9.48. The number of aliphatic imine (C=N–C) groups is 4. The van der Waals surface area contributed by atoms with Crippen molar-refractivity contribution in [3.63, 3.8) is 0 Å². The fourth-order valence-corrected chi connectivity index (χ4v) is 21.9. The molecule has 0 saturated carbocycles. The molecule has 0 spiro atoms. The van der Waals surface area contributed by atoms with Crippen LogP contribution in [-0.4, -0.2) is 216 Å². The number of aromatic amines is 4. The monoisotopic (exact) mass is 1950 g/mol. The van der Waals surface area contributed by atoms with E-state index in [-0.39, 0.29) is 82.9 Å². The van der Waals surface area contributed by atoms with E-state index < -0.39 is 41.6 Å². The molecule has 131 heavy (non-hydrogen) atoms. The smallest absolute Gasteiger partial charge is 0.274 e. The Morgan fingerprint density at radius 3 is 1.44 bits per heavy atom. The Balaban J connectivity index is 0.000000134. The first kappa shape index (κ1) is 93.5. The number of para-hydroxylation sites is 3. The van der Waals surface area contributed by atoms with Crippen LogP contribution in [0.25, 0.3) is 10.9 Å². The first-order valence-corrected chi connectivity index (χ1v) is 48.3. The lowest BCUT2D eigenvalue weighted by Crippen LogP contribution is -2.37. The highest BCUT2D eigenvalue weighted by molar-refractivity contribution is 7.20. The van der Waals surface area contributed by atoms with Gasteiger partial charge in [0.25, 0.3) is 45.9 Å². The third-order valence-corrected chi connectivity index (χ3v) is 29.0. The molecule has 20 N–H and O–H groups in total. The highest BCUT2D eigenvalue weighted by atomic mass is 35.5. The molecule has 0 bridgehead atoms. The van der Waals surface area contributed by atoms with Gasteiger partial charge in [0.1, 0.15) is 97.6 Å². The van der Waals surface area contributed by atoms with E-state index in [1.807, 2.05) is 78.6 Å². The molecule has 4 aromatic carbocycles. The number of H-pyrrole nitrogens is 4. The van der Waals surface area contributed by atoms with Gasteiger partial charge in [0.05, 0.1) is 79.1 Å². The second-order valence-electron chi connectivity index (χ2n) is 30.6. The third kappa shape index (κ3) is 21.3. The number of aryl methyl sites for hydroxylation is 2. The number of fused-ring (bicyclic) bond motifs is 4. The van der Waals surface area contributed by atoms with Crippen LogP contribution in [0.15, 0.2) is 155 Å². The maximum Gasteiger partial charge on any atom is 0.274 e. The van der Waals surface area contributed by atoms with Gasteiger partial charge in [0, 0.05) is 54.8 Å². The Morgan fingerprint density at radius 1 is 0.504 bits per heavy atom. The summed E-state index contributed by atoms with van der Waals surface area (Å²) in [6.07, 6.45) is 8.97. The van der Waals surface area contributed by atoms with Gasteiger partial charge >= 0.3 is 0 Å². The minimum atomic E-state index is -1.03. The minimum absolute atomic E-state index is 0.00352. The van der Waals surface area contributed by atoms with Crippen molar-refractivity contribution in [2.45, 2.75) is 97.2 Å². The van der Waals surface area contributed by atoms with Gasteiger partial charge in [-0.3, -0.25) is 90.2 Å². The molecule has 38 nitrogen and oxygen atoms in total. The predicted molar refractivity (Wildman–Crippen MR) is 522 cm³/mol. The Labute approximate surface area is 784 Å². The molecule has 18 rings (SSSR count). The van der Waals surface area contributed by atoms with E-state index in [0.717, 1.165) is 137 Å². The number of nitrogens with one attached hydrogen (secondary N) is 8. The minimum Gasteiger partial charge on any atom is -0.394 e. The lowest BCUT2D eigenvalue weighted by molar-refractivity contribution is 0.0897. The van der Waals surface area contributed by atoms with Gasteiger partial charge in [0.15, 0.2) is 20.5 Å². The van der Waals surface area contributed by atoms with Crippen molar-refractivity contribution in [3.8, 4) is 0 Å². The summed E-state index contributed by atoms with van der Waals surface area (Å²) in [6, 6.07) is 29.2. The fourth-order valence-electron chi connectivity index (χ4n) is 15.1. The number of nitrogens with two attached hydrogens (primary N) is 4. The van der Waals surface area contributed by atoms with E-state index in [9.17, 15) is 48.6 Å². The van der Waals surface area contributed by atoms with Crippen LogP contribution >= 0.6 is 103 Å². The Kier molecular flexibility index (Phi) is 30.0. The number of aliphatic hydroxyl groups is 4. The third-order valence-electron chi connectivity index (χ3n) is 21.5. The number of amides is 3. The largest absolute Gasteiger partial charge is 0.394 e. The van der Waals surface area contributed by atoms with Gasteiger partial charge in [-0.15, -0.1) is 0 Å². The molecule has 14 heterocycles. The SMILES string of the molecule is CC(CO)N=C(N)c1c(Nc2ncc(C(=O)N3c4cccc(Cl)c4CC3O)s2)s[nH]c1=O.CC(CO)N=C(N)c1c(Nc2ncc(C(=O)N3c4ccccc4CC3O)s2)s[nH]c1=O.Cc1nc(Nc2s[nH]c(=O)c2C(N)=NCCN2CCCC2)sc1C(=O)N1CCc2ccccc21.Cc1nc(Nc2s[nH]c(=O)c2C(N)=NCCN2CCCC2)sc1C(=O)n1ccc2ccccc21. The number of aromatic nitrogens is 9. The average Bonchev–Trinajstić information content (AvgIpc) is 1.64. The Bertz CT molecular complexity index is 6750. The highest BCUT2D eigenvalue weighted by Gasteiger charge is 2.38. The molecule has 2 fully saturated rings.